The van der Waals surface area contributed by atoms with Gasteiger partial charge in [0.15, 0.2) is 5.25 Å². The number of carboxylic acid groups (broad SMARTS) is 1. The predicted octanol–water partition coefficient (Wildman–Crippen LogP) is -1.47. The molecule has 1 saturated heterocycles. The third-order valence-electron chi connectivity index (χ3n) is 2.82. The molecule has 2 N–H and O–H groups in total. The molecule has 1 heterocycles. The Labute approximate surface area is 104 Å². The van der Waals surface area contributed by atoms with E-state index in [0.29, 0.717) is 4.31 Å². The van der Waals surface area contributed by atoms with Gasteiger partial charge in [-0.2, -0.15) is 4.31 Å². The number of carbonyl (C=O) groups is 3. The highest BCUT2D eigenvalue weighted by Gasteiger charge is 2.49. The number of carbonyl (C=O) groups excluding carboxylic acids is 2. The van der Waals surface area contributed by atoms with E-state index >= 15 is 0 Å². The van der Waals surface area contributed by atoms with Crippen molar-refractivity contribution in [2.45, 2.75) is 31.6 Å². The van der Waals surface area contributed by atoms with Gasteiger partial charge in [-0.25, -0.2) is 8.42 Å². The number of imide groups is 1. The van der Waals surface area contributed by atoms with Crippen molar-refractivity contribution in [2.75, 3.05) is 6.54 Å². The normalized spacial score (nSPS) is 22.4. The fraction of sp³-hybridized carbons (Fsp3) is 0.667. The number of hydrogen-bond donors (Lipinski definition) is 2. The quantitative estimate of drug-likeness (QED) is 0.608. The number of sulfonamides is 1. The number of carboxylic acids is 1. The zero-order valence-corrected chi connectivity index (χ0v) is 10.9. The van der Waals surface area contributed by atoms with Gasteiger partial charge in [-0.3, -0.25) is 19.7 Å². The first-order chi connectivity index (χ1) is 8.01. The van der Waals surface area contributed by atoms with Gasteiger partial charge in [0, 0.05) is 0 Å². The van der Waals surface area contributed by atoms with Crippen molar-refractivity contribution < 1.29 is 27.9 Å². The van der Waals surface area contributed by atoms with Crippen LogP contribution >= 0.6 is 0 Å². The lowest BCUT2D eigenvalue weighted by molar-refractivity contribution is -0.142. The molecule has 0 radical (unpaired) electrons. The second-order valence-corrected chi connectivity index (χ2v) is 6.65. The summed E-state index contributed by atoms with van der Waals surface area (Å²) in [5.41, 5.74) is -1.50. The molecule has 0 bridgehead atoms. The maximum atomic E-state index is 12.0. The highest BCUT2D eigenvalue weighted by atomic mass is 32.2. The molecule has 0 aromatic carbocycles. The third kappa shape index (κ3) is 2.23. The molecule has 0 saturated carbocycles. The Morgan fingerprint density at radius 2 is 1.94 bits per heavy atom. The Kier molecular flexibility index (Phi) is 3.50. The maximum absolute atomic E-state index is 12.0. The van der Waals surface area contributed by atoms with Gasteiger partial charge in [0.05, 0.1) is 6.54 Å². The van der Waals surface area contributed by atoms with Gasteiger partial charge in [0.1, 0.15) is 5.54 Å². The highest BCUT2D eigenvalue weighted by molar-refractivity contribution is 7.90. The molecular formula is C9H14N2O6S. The van der Waals surface area contributed by atoms with Crippen molar-refractivity contribution in [2.24, 2.45) is 0 Å². The van der Waals surface area contributed by atoms with Crippen LogP contribution in [0.4, 0.5) is 0 Å². The summed E-state index contributed by atoms with van der Waals surface area (Å²) in [4.78, 5) is 33.6. The maximum Gasteiger partial charge on any atom is 0.323 e. The summed E-state index contributed by atoms with van der Waals surface area (Å²) in [6, 6.07) is 0. The van der Waals surface area contributed by atoms with Crippen LogP contribution in [0.1, 0.15) is 20.8 Å². The number of nitrogens with zero attached hydrogens (tertiary/aromatic N) is 1. The van der Waals surface area contributed by atoms with Crippen LogP contribution in [0.25, 0.3) is 0 Å². The van der Waals surface area contributed by atoms with E-state index in [2.05, 4.69) is 0 Å². The number of nitrogens with one attached hydrogen (secondary N) is 1. The Morgan fingerprint density at radius 1 is 1.44 bits per heavy atom. The molecule has 1 atom stereocenters. The molecule has 1 rings (SSSR count). The monoisotopic (exact) mass is 278 g/mol. The Morgan fingerprint density at radius 3 is 2.39 bits per heavy atom. The molecule has 1 aliphatic heterocycles. The molecule has 102 valence electrons. The average Bonchev–Trinajstić information content (AvgIpc) is 2.22. The third-order valence-corrected chi connectivity index (χ3v) is 5.12. The van der Waals surface area contributed by atoms with E-state index in [1.54, 1.807) is 0 Å². The summed E-state index contributed by atoms with van der Waals surface area (Å²) in [7, 11) is -4.28. The number of piperazine rings is 1. The van der Waals surface area contributed by atoms with E-state index < -0.39 is 45.1 Å². The van der Waals surface area contributed by atoms with Crippen LogP contribution in [-0.2, 0) is 24.4 Å². The van der Waals surface area contributed by atoms with Crippen LogP contribution in [-0.4, -0.2) is 52.9 Å². The van der Waals surface area contributed by atoms with Crippen molar-refractivity contribution >= 4 is 27.8 Å². The Hall–Kier alpha value is -1.48. The van der Waals surface area contributed by atoms with Gasteiger partial charge in [0.25, 0.3) is 0 Å². The highest BCUT2D eigenvalue weighted by Crippen LogP contribution is 2.24. The molecule has 2 amide bonds. The van der Waals surface area contributed by atoms with Crippen molar-refractivity contribution in [1.82, 2.24) is 9.62 Å². The van der Waals surface area contributed by atoms with Gasteiger partial charge in [-0.15, -0.1) is 0 Å². The average molecular weight is 278 g/mol. The Balaban J connectivity index is 3.25. The van der Waals surface area contributed by atoms with Crippen LogP contribution in [0.2, 0.25) is 0 Å². The fourth-order valence-corrected chi connectivity index (χ4v) is 3.14. The minimum Gasteiger partial charge on any atom is -0.480 e. The number of hydrogen-bond acceptors (Lipinski definition) is 5. The van der Waals surface area contributed by atoms with Crippen LogP contribution < -0.4 is 5.32 Å². The van der Waals surface area contributed by atoms with E-state index in [-0.39, 0.29) is 0 Å². The smallest absolute Gasteiger partial charge is 0.323 e. The van der Waals surface area contributed by atoms with Gasteiger partial charge < -0.3 is 5.11 Å². The lowest BCUT2D eigenvalue weighted by Crippen LogP contribution is -2.66. The predicted molar refractivity (Wildman–Crippen MR) is 60.0 cm³/mol. The van der Waals surface area contributed by atoms with E-state index in [1.165, 1.54) is 13.8 Å². The van der Waals surface area contributed by atoms with Crippen LogP contribution in [0, 0.1) is 0 Å². The second kappa shape index (κ2) is 4.32. The molecule has 1 fully saturated rings. The Bertz CT molecular complexity index is 509. The molecule has 9 heteroatoms. The topological polar surface area (TPSA) is 121 Å². The van der Waals surface area contributed by atoms with Gasteiger partial charge in [-0.1, -0.05) is 0 Å². The lowest BCUT2D eigenvalue weighted by Gasteiger charge is -2.39. The number of aliphatic carboxylic acids is 1. The molecule has 18 heavy (non-hydrogen) atoms. The molecule has 1 unspecified atom stereocenters. The van der Waals surface area contributed by atoms with Crippen LogP contribution in [0.3, 0.4) is 0 Å². The number of rotatable bonds is 3. The van der Waals surface area contributed by atoms with Crippen molar-refractivity contribution in [3.8, 4) is 0 Å². The summed E-state index contributed by atoms with van der Waals surface area (Å²) in [5, 5.41) is 9.04. The minimum atomic E-state index is -4.28. The first-order valence-corrected chi connectivity index (χ1v) is 6.60. The second-order valence-electron chi connectivity index (χ2n) is 4.47. The van der Waals surface area contributed by atoms with Crippen molar-refractivity contribution in [1.29, 1.82) is 0 Å². The van der Waals surface area contributed by atoms with Crippen molar-refractivity contribution in [3.63, 3.8) is 0 Å². The number of amides is 2. The summed E-state index contributed by atoms with van der Waals surface area (Å²) in [5.74, 6) is -3.09. The van der Waals surface area contributed by atoms with E-state index in [0.717, 1.165) is 6.92 Å². The van der Waals surface area contributed by atoms with E-state index in [1.807, 2.05) is 5.32 Å². The first kappa shape index (κ1) is 14.6. The summed E-state index contributed by atoms with van der Waals surface area (Å²) < 4.78 is 24.7. The van der Waals surface area contributed by atoms with Gasteiger partial charge in [-0.05, 0) is 20.8 Å². The van der Waals surface area contributed by atoms with Crippen LogP contribution in [0.5, 0.6) is 0 Å². The molecule has 0 aromatic rings. The van der Waals surface area contributed by atoms with Gasteiger partial charge >= 0.3 is 5.97 Å². The fourth-order valence-electron chi connectivity index (χ4n) is 1.49. The molecular weight excluding hydrogens is 264 g/mol. The standard InChI is InChI=1S/C9H14N2O6S/c1-5(7(13)14)18(16,17)11-4-6(12)10-8(15)9(11,2)3/h5H,4H2,1-3H3,(H,13,14)(H,10,12,15). The largest absolute Gasteiger partial charge is 0.480 e. The summed E-state index contributed by atoms with van der Waals surface area (Å²) in [6.45, 7) is 3.03. The van der Waals surface area contributed by atoms with E-state index in [4.69, 9.17) is 5.11 Å². The zero-order valence-electron chi connectivity index (χ0n) is 10.1. The summed E-state index contributed by atoms with van der Waals surface area (Å²) in [6.07, 6.45) is 0. The first-order valence-electron chi connectivity index (χ1n) is 5.10. The SMILES string of the molecule is CC(C(=O)O)S(=O)(=O)N1CC(=O)NC(=O)C1(C)C. The zero-order chi connectivity index (χ0) is 14.3. The van der Waals surface area contributed by atoms with Gasteiger partial charge in [0.2, 0.25) is 21.8 Å². The molecule has 0 aliphatic carbocycles. The lowest BCUT2D eigenvalue weighted by atomic mass is 10.0. The van der Waals surface area contributed by atoms with Crippen molar-refractivity contribution in [3.05, 3.63) is 0 Å². The molecule has 0 spiro atoms. The molecule has 0 aromatic heterocycles. The molecule has 1 aliphatic rings. The minimum absolute atomic E-state index is 0.571. The molecule has 8 nitrogen and oxygen atoms in total. The van der Waals surface area contributed by atoms with Crippen LogP contribution in [0.15, 0.2) is 0 Å². The van der Waals surface area contributed by atoms with E-state index in [9.17, 15) is 22.8 Å². The summed E-state index contributed by atoms with van der Waals surface area (Å²) >= 11 is 0.